The summed E-state index contributed by atoms with van der Waals surface area (Å²) in [6.45, 7) is 0.473. The molecule has 0 aliphatic rings. The van der Waals surface area contributed by atoms with Gasteiger partial charge in [-0.05, 0) is 55.6 Å². The molecule has 0 fully saturated rings. The summed E-state index contributed by atoms with van der Waals surface area (Å²) in [7, 11) is 1.60. The number of halogens is 2. The van der Waals surface area contributed by atoms with Gasteiger partial charge >= 0.3 is 0 Å². The number of benzene rings is 2. The topological polar surface area (TPSA) is 64.4 Å². The van der Waals surface area contributed by atoms with Crippen molar-refractivity contribution in [2.75, 3.05) is 12.4 Å². The highest BCUT2D eigenvalue weighted by Gasteiger charge is 2.14. The van der Waals surface area contributed by atoms with Crippen LogP contribution < -0.4 is 10.1 Å². The van der Waals surface area contributed by atoms with E-state index in [2.05, 4.69) is 37.2 Å². The van der Waals surface area contributed by atoms with Gasteiger partial charge < -0.3 is 10.1 Å². The number of hydrogen-bond donors (Lipinski definition) is 1. The molecule has 0 saturated carbocycles. The van der Waals surface area contributed by atoms with Gasteiger partial charge in [0.2, 0.25) is 0 Å². The van der Waals surface area contributed by atoms with Crippen LogP contribution in [0.4, 0.5) is 11.4 Å². The summed E-state index contributed by atoms with van der Waals surface area (Å²) < 4.78 is 6.50. The second kappa shape index (κ2) is 6.91. The molecule has 0 atom stereocenters. The van der Waals surface area contributed by atoms with E-state index in [0.29, 0.717) is 11.0 Å². The summed E-state index contributed by atoms with van der Waals surface area (Å²) in [5, 5.41) is 14.1. The molecule has 5 nitrogen and oxygen atoms in total. The van der Waals surface area contributed by atoms with Crippen LogP contribution in [0.5, 0.6) is 5.75 Å². The zero-order chi connectivity index (χ0) is 15.4. The molecule has 0 aliphatic carbocycles. The molecule has 2 rings (SSSR count). The van der Waals surface area contributed by atoms with E-state index < -0.39 is 4.92 Å². The number of anilines is 1. The molecule has 0 heterocycles. The Hall–Kier alpha value is -1.60. The molecular formula is C14H12Br2N2O3. The van der Waals surface area contributed by atoms with E-state index in [1.165, 1.54) is 6.07 Å². The Morgan fingerprint density at radius 3 is 2.67 bits per heavy atom. The first-order valence-electron chi connectivity index (χ1n) is 6.02. The monoisotopic (exact) mass is 414 g/mol. The molecule has 1 N–H and O–H groups in total. The van der Waals surface area contributed by atoms with Gasteiger partial charge in [-0.15, -0.1) is 0 Å². The Morgan fingerprint density at radius 1 is 1.29 bits per heavy atom. The predicted molar refractivity (Wildman–Crippen MR) is 88.8 cm³/mol. The normalized spacial score (nSPS) is 10.2. The molecule has 0 saturated heterocycles. The van der Waals surface area contributed by atoms with Crippen molar-refractivity contribution < 1.29 is 9.66 Å². The molecule has 0 unspecified atom stereocenters. The summed E-state index contributed by atoms with van der Waals surface area (Å²) in [5.74, 6) is 0.747. The molecule has 0 amide bonds. The van der Waals surface area contributed by atoms with Crippen LogP contribution in [-0.4, -0.2) is 12.0 Å². The largest absolute Gasteiger partial charge is 0.496 e. The van der Waals surface area contributed by atoms with E-state index >= 15 is 0 Å². The zero-order valence-electron chi connectivity index (χ0n) is 11.1. The smallest absolute Gasteiger partial charge is 0.283 e. The van der Waals surface area contributed by atoms with E-state index in [-0.39, 0.29) is 5.69 Å². The van der Waals surface area contributed by atoms with Crippen LogP contribution in [-0.2, 0) is 6.54 Å². The quantitative estimate of drug-likeness (QED) is 0.565. The van der Waals surface area contributed by atoms with Gasteiger partial charge in [0, 0.05) is 18.3 Å². The summed E-state index contributed by atoms with van der Waals surface area (Å²) in [6, 6.07) is 10.6. The first-order chi connectivity index (χ1) is 10.0. The minimum atomic E-state index is -0.405. The van der Waals surface area contributed by atoms with E-state index in [0.717, 1.165) is 21.5 Å². The van der Waals surface area contributed by atoms with Gasteiger partial charge in [-0.2, -0.15) is 0 Å². The van der Waals surface area contributed by atoms with Crippen molar-refractivity contribution in [2.45, 2.75) is 6.54 Å². The maximum atomic E-state index is 10.9. The van der Waals surface area contributed by atoms with Crippen LogP contribution in [0.2, 0.25) is 0 Å². The number of nitrogens with one attached hydrogen (secondary N) is 1. The molecule has 7 heteroatoms. The third-order valence-corrected chi connectivity index (χ3v) is 4.42. The number of nitro benzene ring substituents is 1. The summed E-state index contributed by atoms with van der Waals surface area (Å²) in [4.78, 5) is 10.5. The maximum Gasteiger partial charge on any atom is 0.283 e. The second-order valence-electron chi connectivity index (χ2n) is 4.21. The van der Waals surface area contributed by atoms with Crippen molar-refractivity contribution in [3.63, 3.8) is 0 Å². The van der Waals surface area contributed by atoms with E-state index in [1.807, 2.05) is 24.3 Å². The number of ether oxygens (including phenoxy) is 1. The minimum Gasteiger partial charge on any atom is -0.496 e. The van der Waals surface area contributed by atoms with Crippen molar-refractivity contribution >= 4 is 43.2 Å². The summed E-state index contributed by atoms with van der Waals surface area (Å²) in [6.07, 6.45) is 0. The van der Waals surface area contributed by atoms with E-state index in [9.17, 15) is 10.1 Å². The fourth-order valence-electron chi connectivity index (χ4n) is 1.82. The van der Waals surface area contributed by atoms with Gasteiger partial charge in [0.05, 0.1) is 16.5 Å². The van der Waals surface area contributed by atoms with Crippen LogP contribution in [0, 0.1) is 10.1 Å². The van der Waals surface area contributed by atoms with Gasteiger partial charge in [0.25, 0.3) is 5.69 Å². The average Bonchev–Trinajstić information content (AvgIpc) is 2.46. The van der Waals surface area contributed by atoms with Crippen molar-refractivity contribution in [1.29, 1.82) is 0 Å². The first-order valence-corrected chi connectivity index (χ1v) is 7.60. The zero-order valence-corrected chi connectivity index (χ0v) is 14.3. The molecule has 0 bridgehead atoms. The number of nitro groups is 1. The highest BCUT2D eigenvalue weighted by atomic mass is 79.9. The lowest BCUT2D eigenvalue weighted by atomic mass is 10.2. The number of methoxy groups -OCH3 is 1. The SMILES string of the molecule is COc1ccc(NCc2cccc([N+](=O)[O-])c2Br)cc1Br. The predicted octanol–water partition coefficient (Wildman–Crippen LogP) is 4.74. The first kappa shape index (κ1) is 15.8. The lowest BCUT2D eigenvalue weighted by Crippen LogP contribution is -2.02. The summed E-state index contributed by atoms with van der Waals surface area (Å²) >= 11 is 6.70. The number of rotatable bonds is 5. The van der Waals surface area contributed by atoms with Crippen LogP contribution in [0.1, 0.15) is 5.56 Å². The second-order valence-corrected chi connectivity index (χ2v) is 5.86. The Labute approximate surface area is 138 Å². The summed E-state index contributed by atoms with van der Waals surface area (Å²) in [5.41, 5.74) is 1.77. The van der Waals surface area contributed by atoms with Crippen LogP contribution in [0.3, 0.4) is 0 Å². The van der Waals surface area contributed by atoms with Gasteiger partial charge in [-0.25, -0.2) is 0 Å². The van der Waals surface area contributed by atoms with Gasteiger partial charge in [-0.3, -0.25) is 10.1 Å². The van der Waals surface area contributed by atoms with E-state index in [4.69, 9.17) is 4.74 Å². The molecule has 110 valence electrons. The minimum absolute atomic E-state index is 0.0604. The third-order valence-electron chi connectivity index (χ3n) is 2.89. The highest BCUT2D eigenvalue weighted by Crippen LogP contribution is 2.30. The molecule has 0 aromatic heterocycles. The van der Waals surface area contributed by atoms with E-state index in [1.54, 1.807) is 13.2 Å². The lowest BCUT2D eigenvalue weighted by Gasteiger charge is -2.10. The standard InChI is InChI=1S/C14H12Br2N2O3/c1-21-13-6-5-10(7-11(13)15)17-8-9-3-2-4-12(14(9)16)18(19)20/h2-7,17H,8H2,1H3. The Balaban J connectivity index is 2.15. The molecule has 2 aromatic carbocycles. The van der Waals surface area contributed by atoms with Gasteiger partial charge in [0.15, 0.2) is 0 Å². The Morgan fingerprint density at radius 2 is 2.05 bits per heavy atom. The van der Waals surface area contributed by atoms with Crippen LogP contribution in [0.25, 0.3) is 0 Å². The van der Waals surface area contributed by atoms with Crippen molar-refractivity contribution in [1.82, 2.24) is 0 Å². The Kier molecular flexibility index (Phi) is 5.19. The molecule has 21 heavy (non-hydrogen) atoms. The fourth-order valence-corrected chi connectivity index (χ4v) is 2.91. The van der Waals surface area contributed by atoms with Gasteiger partial charge in [-0.1, -0.05) is 12.1 Å². The van der Waals surface area contributed by atoms with Crippen molar-refractivity contribution in [3.05, 3.63) is 61.0 Å². The molecule has 2 aromatic rings. The average molecular weight is 416 g/mol. The van der Waals surface area contributed by atoms with Crippen LogP contribution >= 0.6 is 31.9 Å². The number of hydrogen-bond acceptors (Lipinski definition) is 4. The lowest BCUT2D eigenvalue weighted by molar-refractivity contribution is -0.385. The Bertz CT molecular complexity index is 677. The molecular weight excluding hydrogens is 404 g/mol. The van der Waals surface area contributed by atoms with Crippen LogP contribution in [0.15, 0.2) is 45.3 Å². The molecule has 0 aliphatic heterocycles. The maximum absolute atomic E-state index is 10.9. The van der Waals surface area contributed by atoms with Gasteiger partial charge in [0.1, 0.15) is 10.2 Å². The molecule has 0 spiro atoms. The highest BCUT2D eigenvalue weighted by molar-refractivity contribution is 9.11. The third kappa shape index (κ3) is 3.74. The van der Waals surface area contributed by atoms with Crippen molar-refractivity contribution in [3.8, 4) is 5.75 Å². The van der Waals surface area contributed by atoms with Crippen molar-refractivity contribution in [2.24, 2.45) is 0 Å². The fraction of sp³-hybridized carbons (Fsp3) is 0.143. The number of nitrogens with zero attached hydrogens (tertiary/aromatic N) is 1. The molecule has 0 radical (unpaired) electrons.